The zero-order chi connectivity index (χ0) is 18.9. The van der Waals surface area contributed by atoms with Gasteiger partial charge in [0.1, 0.15) is 30.5 Å². The molecule has 0 bridgehead atoms. The molecule has 24 heavy (non-hydrogen) atoms. The van der Waals surface area contributed by atoms with Crippen LogP contribution in [0.3, 0.4) is 0 Å². The lowest BCUT2D eigenvalue weighted by molar-refractivity contribution is -0.286. The maximum absolute atomic E-state index is 10.2. The Balaban J connectivity index is 0.000000441. The molecule has 1 rings (SSSR count). The van der Waals surface area contributed by atoms with Crippen LogP contribution in [0.25, 0.3) is 0 Å². The van der Waals surface area contributed by atoms with Crippen molar-refractivity contribution in [2.24, 2.45) is 22.2 Å². The third-order valence-corrected chi connectivity index (χ3v) is 3.15. The molecular weight excluding hydrogens is 328 g/mol. The fraction of sp³-hybridized carbons (Fsp3) is 0.833. The Morgan fingerprint density at radius 3 is 2.17 bits per heavy atom. The Morgan fingerprint density at radius 1 is 1.12 bits per heavy atom. The second-order valence-corrected chi connectivity index (χ2v) is 5.11. The summed E-state index contributed by atoms with van der Waals surface area (Å²) in [5.74, 6) is -0.987. The fourth-order valence-electron chi connectivity index (χ4n) is 1.72. The Bertz CT molecular complexity index is 402. The number of carboxylic acids is 1. The SMILES string of the molecule is NC(N)=NCCCC(N)C(=O)O.OC[C@H]1OC(O)[C@H](O)[C@@H](O)[C@@H]1O. The minimum absolute atomic E-state index is 0.0129. The molecule has 142 valence electrons. The molecule has 1 fully saturated rings. The van der Waals surface area contributed by atoms with Gasteiger partial charge in [-0.25, -0.2) is 0 Å². The molecule has 0 aliphatic carbocycles. The number of nitrogens with zero attached hydrogens (tertiary/aromatic N) is 1. The minimum atomic E-state index is -1.57. The molecule has 12 heteroatoms. The number of aliphatic carboxylic acids is 1. The molecule has 0 amide bonds. The van der Waals surface area contributed by atoms with Gasteiger partial charge in [-0.2, -0.15) is 0 Å². The number of hydrogen-bond donors (Lipinski definition) is 9. The summed E-state index contributed by atoms with van der Waals surface area (Å²) < 4.78 is 4.58. The van der Waals surface area contributed by atoms with Crippen molar-refractivity contribution < 1.29 is 40.2 Å². The number of hydrogen-bond acceptors (Lipinski definition) is 9. The van der Waals surface area contributed by atoms with Gasteiger partial charge in [0.05, 0.1) is 6.61 Å². The van der Waals surface area contributed by atoms with E-state index in [2.05, 4.69) is 9.73 Å². The van der Waals surface area contributed by atoms with Gasteiger partial charge in [0, 0.05) is 6.54 Å². The van der Waals surface area contributed by atoms with Crippen molar-refractivity contribution >= 4 is 11.9 Å². The van der Waals surface area contributed by atoms with E-state index in [4.69, 9.17) is 47.8 Å². The first-order valence-electron chi connectivity index (χ1n) is 7.14. The number of guanidine groups is 1. The number of nitrogens with two attached hydrogens (primary N) is 3. The van der Waals surface area contributed by atoms with Crippen molar-refractivity contribution in [2.75, 3.05) is 13.2 Å². The highest BCUT2D eigenvalue weighted by Crippen LogP contribution is 2.18. The Morgan fingerprint density at radius 2 is 1.71 bits per heavy atom. The van der Waals surface area contributed by atoms with Gasteiger partial charge < -0.3 is 52.6 Å². The second-order valence-electron chi connectivity index (χ2n) is 5.11. The average Bonchev–Trinajstić information content (AvgIpc) is 2.53. The van der Waals surface area contributed by atoms with Crippen molar-refractivity contribution in [1.82, 2.24) is 0 Å². The van der Waals surface area contributed by atoms with E-state index < -0.39 is 49.3 Å². The van der Waals surface area contributed by atoms with Crippen molar-refractivity contribution in [2.45, 2.75) is 49.6 Å². The van der Waals surface area contributed by atoms with E-state index in [0.717, 1.165) is 0 Å². The summed E-state index contributed by atoms with van der Waals surface area (Å²) in [6.07, 6.45) is -6.08. The van der Waals surface area contributed by atoms with Gasteiger partial charge in [-0.1, -0.05) is 0 Å². The van der Waals surface area contributed by atoms with Crippen LogP contribution in [0.2, 0.25) is 0 Å². The molecule has 1 heterocycles. The van der Waals surface area contributed by atoms with E-state index in [0.29, 0.717) is 19.4 Å². The molecule has 0 spiro atoms. The number of rotatable bonds is 6. The molecule has 2 unspecified atom stereocenters. The molecule has 0 aromatic heterocycles. The van der Waals surface area contributed by atoms with E-state index in [1.807, 2.05) is 0 Å². The Labute approximate surface area is 138 Å². The molecule has 1 aliphatic heterocycles. The predicted octanol–water partition coefficient (Wildman–Crippen LogP) is -4.77. The molecular formula is C12H26N4O8. The second kappa shape index (κ2) is 11.1. The summed E-state index contributed by atoms with van der Waals surface area (Å²) in [5.41, 5.74) is 15.3. The van der Waals surface area contributed by atoms with Crippen LogP contribution < -0.4 is 17.2 Å². The monoisotopic (exact) mass is 354 g/mol. The number of ether oxygens (including phenoxy) is 1. The minimum Gasteiger partial charge on any atom is -0.480 e. The van der Waals surface area contributed by atoms with Crippen LogP contribution in [0.4, 0.5) is 0 Å². The van der Waals surface area contributed by atoms with E-state index in [9.17, 15) is 4.79 Å². The van der Waals surface area contributed by atoms with Gasteiger partial charge in [-0.05, 0) is 12.8 Å². The molecule has 12 nitrogen and oxygen atoms in total. The molecule has 0 aromatic rings. The van der Waals surface area contributed by atoms with Gasteiger partial charge in [-0.3, -0.25) is 9.79 Å². The standard InChI is InChI=1S/C6H14N4O2.C6H12O6/c7-4(5(11)12)2-1-3-10-6(8)9;7-1-2-3(8)4(9)5(10)6(11)12-2/h4H,1-3,7H2,(H,11,12)(H4,8,9,10);2-11H,1H2/t;2-,3-,4+,5-,6?/m.1/s1. The first kappa shape index (κ1) is 22.5. The Kier molecular flexibility index (Phi) is 10.4. The smallest absolute Gasteiger partial charge is 0.320 e. The quantitative estimate of drug-likeness (QED) is 0.124. The third kappa shape index (κ3) is 7.83. The van der Waals surface area contributed by atoms with Crippen LogP contribution in [0.1, 0.15) is 12.8 Å². The third-order valence-electron chi connectivity index (χ3n) is 3.15. The zero-order valence-electron chi connectivity index (χ0n) is 13.0. The highest BCUT2D eigenvalue weighted by molar-refractivity contribution is 5.75. The van der Waals surface area contributed by atoms with Crippen LogP contribution in [0.15, 0.2) is 4.99 Å². The number of aliphatic hydroxyl groups excluding tert-OH is 5. The van der Waals surface area contributed by atoms with Crippen molar-refractivity contribution in [3.63, 3.8) is 0 Å². The van der Waals surface area contributed by atoms with Gasteiger partial charge in [0.2, 0.25) is 0 Å². The fourth-order valence-corrected chi connectivity index (χ4v) is 1.72. The van der Waals surface area contributed by atoms with Crippen molar-refractivity contribution in [3.8, 4) is 0 Å². The van der Waals surface area contributed by atoms with E-state index in [1.165, 1.54) is 0 Å². The van der Waals surface area contributed by atoms with Crippen LogP contribution in [-0.2, 0) is 9.53 Å². The predicted molar refractivity (Wildman–Crippen MR) is 81.5 cm³/mol. The topological polar surface area (TPSA) is 238 Å². The zero-order valence-corrected chi connectivity index (χ0v) is 13.0. The highest BCUT2D eigenvalue weighted by atomic mass is 16.6. The van der Waals surface area contributed by atoms with E-state index >= 15 is 0 Å². The number of carboxylic acid groups (broad SMARTS) is 1. The molecule has 1 saturated heterocycles. The van der Waals surface area contributed by atoms with Crippen LogP contribution in [0, 0.1) is 0 Å². The van der Waals surface area contributed by atoms with E-state index in [-0.39, 0.29) is 5.96 Å². The first-order valence-corrected chi connectivity index (χ1v) is 7.14. The van der Waals surface area contributed by atoms with Crippen LogP contribution in [-0.4, -0.2) is 92.5 Å². The normalized spacial score (nSPS) is 30.7. The van der Waals surface area contributed by atoms with Crippen molar-refractivity contribution in [3.05, 3.63) is 0 Å². The maximum Gasteiger partial charge on any atom is 0.320 e. The first-order chi connectivity index (χ1) is 11.1. The summed E-state index contributed by atoms with van der Waals surface area (Å²) in [4.78, 5) is 13.9. The number of aliphatic imine (C=N–C) groups is 1. The molecule has 6 atom stereocenters. The Hall–Kier alpha value is -1.54. The molecule has 0 aromatic carbocycles. The van der Waals surface area contributed by atoms with E-state index in [1.54, 1.807) is 0 Å². The lowest BCUT2D eigenvalue weighted by Crippen LogP contribution is -2.58. The number of carbonyl (C=O) groups is 1. The molecule has 0 saturated carbocycles. The van der Waals surface area contributed by atoms with Gasteiger partial charge in [-0.15, -0.1) is 0 Å². The van der Waals surface area contributed by atoms with Gasteiger partial charge in [0.15, 0.2) is 12.2 Å². The molecule has 0 radical (unpaired) electrons. The number of aliphatic hydroxyl groups is 5. The highest BCUT2D eigenvalue weighted by Gasteiger charge is 2.42. The maximum atomic E-state index is 10.2. The summed E-state index contributed by atoms with van der Waals surface area (Å²) in [7, 11) is 0. The van der Waals surface area contributed by atoms with Gasteiger partial charge >= 0.3 is 5.97 Å². The summed E-state index contributed by atoms with van der Waals surface area (Å²) in [6.45, 7) is -0.106. The van der Waals surface area contributed by atoms with Gasteiger partial charge in [0.25, 0.3) is 0 Å². The van der Waals surface area contributed by atoms with Crippen LogP contribution >= 0.6 is 0 Å². The lowest BCUT2D eigenvalue weighted by Gasteiger charge is -2.37. The average molecular weight is 354 g/mol. The summed E-state index contributed by atoms with van der Waals surface area (Å²) in [5, 5.41) is 53.0. The molecule has 1 aliphatic rings. The lowest BCUT2D eigenvalue weighted by atomic mass is 10.00. The summed E-state index contributed by atoms with van der Waals surface area (Å²) >= 11 is 0. The summed E-state index contributed by atoms with van der Waals surface area (Å²) in [6, 6.07) is -0.820. The molecule has 12 N–H and O–H groups in total. The van der Waals surface area contributed by atoms with Crippen LogP contribution in [0.5, 0.6) is 0 Å². The van der Waals surface area contributed by atoms with Crippen molar-refractivity contribution in [1.29, 1.82) is 0 Å². The largest absolute Gasteiger partial charge is 0.480 e.